The van der Waals surface area contributed by atoms with Crippen molar-refractivity contribution in [3.63, 3.8) is 0 Å². The van der Waals surface area contributed by atoms with Gasteiger partial charge in [0.1, 0.15) is 29.1 Å². The number of amides is 1. The lowest BCUT2D eigenvalue weighted by molar-refractivity contribution is -0.140. The van der Waals surface area contributed by atoms with Crippen molar-refractivity contribution in [1.82, 2.24) is 9.80 Å². The van der Waals surface area contributed by atoms with E-state index in [2.05, 4.69) is 0 Å². The Balaban J connectivity index is 2.11. The molecule has 0 saturated carbocycles. The van der Waals surface area contributed by atoms with Gasteiger partial charge in [0.05, 0.1) is 5.57 Å². The Bertz CT molecular complexity index is 899. The van der Waals surface area contributed by atoms with Crippen LogP contribution in [-0.2, 0) is 9.59 Å². The molecule has 0 spiro atoms. The summed E-state index contributed by atoms with van der Waals surface area (Å²) in [6, 6.07) is 7.69. The van der Waals surface area contributed by atoms with Gasteiger partial charge in [-0.05, 0) is 57.4 Å². The molecule has 1 saturated heterocycles. The number of aryl methyl sites for hydroxylation is 1. The first kappa shape index (κ1) is 18.8. The Morgan fingerprint density at radius 1 is 1.19 bits per heavy atom. The van der Waals surface area contributed by atoms with Gasteiger partial charge < -0.3 is 19.3 Å². The third-order valence-electron chi connectivity index (χ3n) is 4.48. The average molecular weight is 372 g/mol. The quantitative estimate of drug-likeness (QED) is 0.496. The third kappa shape index (κ3) is 3.64. The summed E-state index contributed by atoms with van der Waals surface area (Å²) in [6.45, 7) is 2.59. The second kappa shape index (κ2) is 7.36. The lowest BCUT2D eigenvalue weighted by atomic mass is 9.99. The van der Waals surface area contributed by atoms with E-state index in [1.54, 1.807) is 19.1 Å². The van der Waals surface area contributed by atoms with Crippen molar-refractivity contribution in [2.45, 2.75) is 13.0 Å². The number of carbonyl (C=O) groups excluding carboxylic acids is 2. The van der Waals surface area contributed by atoms with E-state index in [-0.39, 0.29) is 16.9 Å². The maximum Gasteiger partial charge on any atom is 0.295 e. The molecule has 6 nitrogen and oxygen atoms in total. The molecule has 1 aromatic heterocycles. The molecule has 1 aliphatic heterocycles. The predicted molar refractivity (Wildman–Crippen MR) is 97.4 cm³/mol. The minimum atomic E-state index is -0.830. The van der Waals surface area contributed by atoms with E-state index in [1.807, 2.05) is 19.0 Å². The fourth-order valence-electron chi connectivity index (χ4n) is 3.08. The van der Waals surface area contributed by atoms with Crippen molar-refractivity contribution in [3.8, 4) is 0 Å². The first-order valence-electron chi connectivity index (χ1n) is 8.55. The van der Waals surface area contributed by atoms with Crippen LogP contribution >= 0.6 is 0 Å². The number of likely N-dealkylation sites (tertiary alicyclic amines) is 1. The second-order valence-electron chi connectivity index (χ2n) is 6.75. The molecule has 1 N–H and O–H groups in total. The van der Waals surface area contributed by atoms with Crippen LogP contribution in [0, 0.1) is 12.7 Å². The number of rotatable bonds is 5. The van der Waals surface area contributed by atoms with Gasteiger partial charge in [0.15, 0.2) is 0 Å². The molecule has 142 valence electrons. The zero-order chi connectivity index (χ0) is 19.7. The molecule has 7 heteroatoms. The lowest BCUT2D eigenvalue weighted by Gasteiger charge is -2.24. The van der Waals surface area contributed by atoms with Gasteiger partial charge in [-0.25, -0.2) is 4.39 Å². The molecule has 2 heterocycles. The van der Waals surface area contributed by atoms with Gasteiger partial charge in [0.2, 0.25) is 0 Å². The number of halogens is 1. The molecule has 2 aromatic rings. The number of nitrogens with zero attached hydrogens (tertiary/aromatic N) is 2. The Morgan fingerprint density at radius 3 is 2.41 bits per heavy atom. The third-order valence-corrected chi connectivity index (χ3v) is 4.48. The highest BCUT2D eigenvalue weighted by molar-refractivity contribution is 6.46. The number of furan rings is 1. The largest absolute Gasteiger partial charge is 0.507 e. The predicted octanol–water partition coefficient (Wildman–Crippen LogP) is 2.71. The molecule has 1 unspecified atom stereocenters. The smallest absolute Gasteiger partial charge is 0.295 e. The van der Waals surface area contributed by atoms with Gasteiger partial charge >= 0.3 is 0 Å². The zero-order valence-electron chi connectivity index (χ0n) is 15.4. The fraction of sp³-hybridized carbons (Fsp3) is 0.300. The summed E-state index contributed by atoms with van der Waals surface area (Å²) in [4.78, 5) is 28.6. The number of likely N-dealkylation sites (N-methyl/N-ethyl adjacent to an activating group) is 1. The topological polar surface area (TPSA) is 74.0 Å². The van der Waals surface area contributed by atoms with Crippen LogP contribution in [0.2, 0.25) is 0 Å². The minimum Gasteiger partial charge on any atom is -0.507 e. The van der Waals surface area contributed by atoms with E-state index < -0.39 is 23.5 Å². The van der Waals surface area contributed by atoms with Crippen LogP contribution < -0.4 is 0 Å². The van der Waals surface area contributed by atoms with E-state index in [9.17, 15) is 19.1 Å². The summed E-state index contributed by atoms with van der Waals surface area (Å²) in [6.07, 6.45) is 0. The number of Topliss-reactive ketones (excluding diaryl/α,β-unsaturated/α-hetero) is 1. The highest BCUT2D eigenvalue weighted by Gasteiger charge is 2.47. The highest BCUT2D eigenvalue weighted by atomic mass is 19.1. The number of hydrogen-bond acceptors (Lipinski definition) is 5. The molecule has 1 aliphatic rings. The van der Waals surface area contributed by atoms with Gasteiger partial charge in [-0.2, -0.15) is 0 Å². The lowest BCUT2D eigenvalue weighted by Crippen LogP contribution is -2.35. The molecule has 1 fully saturated rings. The molecular formula is C20H21FN2O4. The van der Waals surface area contributed by atoms with Gasteiger partial charge in [-0.3, -0.25) is 9.59 Å². The molecule has 0 bridgehead atoms. The summed E-state index contributed by atoms with van der Waals surface area (Å²) >= 11 is 0. The van der Waals surface area contributed by atoms with Crippen molar-refractivity contribution in [2.24, 2.45) is 0 Å². The van der Waals surface area contributed by atoms with E-state index in [4.69, 9.17) is 4.42 Å². The van der Waals surface area contributed by atoms with E-state index in [0.717, 1.165) is 0 Å². The molecule has 0 radical (unpaired) electrons. The van der Waals surface area contributed by atoms with E-state index >= 15 is 0 Å². The summed E-state index contributed by atoms with van der Waals surface area (Å²) in [5, 5.41) is 10.7. The maximum atomic E-state index is 13.2. The number of benzene rings is 1. The molecule has 27 heavy (non-hydrogen) atoms. The maximum absolute atomic E-state index is 13.2. The Morgan fingerprint density at radius 2 is 1.85 bits per heavy atom. The first-order valence-corrected chi connectivity index (χ1v) is 8.55. The average Bonchev–Trinajstić information content (AvgIpc) is 3.15. The standard InChI is InChI=1S/C20H21FN2O4/c1-12-4-9-15(27-12)17-16(18(24)13-5-7-14(21)8-6-13)19(25)20(26)23(17)11-10-22(2)3/h4-9,17,24H,10-11H2,1-3H3/b18-16+. The molecule has 1 atom stereocenters. The number of aliphatic hydroxyl groups excluding tert-OH is 1. The minimum absolute atomic E-state index is 0.0558. The van der Waals surface area contributed by atoms with Crippen LogP contribution in [0.5, 0.6) is 0 Å². The number of hydrogen-bond donors (Lipinski definition) is 1. The van der Waals surface area contributed by atoms with E-state index in [1.165, 1.54) is 29.2 Å². The normalized spacial score (nSPS) is 19.3. The fourth-order valence-corrected chi connectivity index (χ4v) is 3.08. The van der Waals surface area contributed by atoms with Crippen LogP contribution in [0.4, 0.5) is 4.39 Å². The number of ketones is 1. The van der Waals surface area contributed by atoms with Crippen molar-refractivity contribution >= 4 is 17.4 Å². The molecule has 3 rings (SSSR count). The van der Waals surface area contributed by atoms with Crippen LogP contribution in [-0.4, -0.2) is 53.8 Å². The molecule has 1 aromatic carbocycles. The van der Waals surface area contributed by atoms with Gasteiger partial charge in [-0.1, -0.05) is 0 Å². The van der Waals surface area contributed by atoms with Gasteiger partial charge in [-0.15, -0.1) is 0 Å². The van der Waals surface area contributed by atoms with Crippen molar-refractivity contribution in [2.75, 3.05) is 27.2 Å². The van der Waals surface area contributed by atoms with Crippen molar-refractivity contribution in [1.29, 1.82) is 0 Å². The highest BCUT2D eigenvalue weighted by Crippen LogP contribution is 2.39. The summed E-state index contributed by atoms with van der Waals surface area (Å²) < 4.78 is 18.9. The molecular weight excluding hydrogens is 351 g/mol. The van der Waals surface area contributed by atoms with Crippen LogP contribution in [0.15, 0.2) is 46.4 Å². The number of carbonyl (C=O) groups is 2. The molecule has 1 amide bonds. The van der Waals surface area contributed by atoms with Crippen molar-refractivity contribution < 1.29 is 23.5 Å². The summed E-state index contributed by atoms with van der Waals surface area (Å²) in [5.74, 6) is -1.26. The molecule has 0 aliphatic carbocycles. The Hall–Kier alpha value is -2.93. The summed E-state index contributed by atoms with van der Waals surface area (Å²) in [7, 11) is 3.72. The number of aliphatic hydroxyl groups is 1. The van der Waals surface area contributed by atoms with Gasteiger partial charge in [0, 0.05) is 18.7 Å². The first-order chi connectivity index (χ1) is 12.8. The van der Waals surface area contributed by atoms with E-state index in [0.29, 0.717) is 24.6 Å². The van der Waals surface area contributed by atoms with Crippen LogP contribution in [0.25, 0.3) is 5.76 Å². The summed E-state index contributed by atoms with van der Waals surface area (Å²) in [5.41, 5.74) is 0.204. The van der Waals surface area contributed by atoms with Gasteiger partial charge in [0.25, 0.3) is 11.7 Å². The zero-order valence-corrected chi connectivity index (χ0v) is 15.4. The van der Waals surface area contributed by atoms with Crippen LogP contribution in [0.1, 0.15) is 23.1 Å². The second-order valence-corrected chi connectivity index (χ2v) is 6.75. The Kier molecular flexibility index (Phi) is 5.14. The SMILES string of the molecule is Cc1ccc(C2/C(=C(\O)c3ccc(F)cc3)C(=O)C(=O)N2CCN(C)C)o1. The van der Waals surface area contributed by atoms with Crippen LogP contribution in [0.3, 0.4) is 0 Å². The van der Waals surface area contributed by atoms with Crippen molar-refractivity contribution in [3.05, 3.63) is 64.9 Å². The Labute approximate surface area is 156 Å². The monoisotopic (exact) mass is 372 g/mol.